The summed E-state index contributed by atoms with van der Waals surface area (Å²) in [5.41, 5.74) is 8.23. The van der Waals surface area contributed by atoms with Gasteiger partial charge in [0.25, 0.3) is 0 Å². The van der Waals surface area contributed by atoms with Crippen LogP contribution >= 0.6 is 11.6 Å². The van der Waals surface area contributed by atoms with Gasteiger partial charge >= 0.3 is 0 Å². The normalized spacial score (nSPS) is 12.9. The van der Waals surface area contributed by atoms with Gasteiger partial charge in [-0.2, -0.15) is 0 Å². The summed E-state index contributed by atoms with van der Waals surface area (Å²) in [4.78, 5) is 0. The highest BCUT2D eigenvalue weighted by Gasteiger charge is 2.22. The average molecular weight is 240 g/mol. The lowest BCUT2D eigenvalue weighted by molar-refractivity contribution is 0.536. The molecule has 0 aliphatic carbocycles. The molecule has 0 unspecified atom stereocenters. The van der Waals surface area contributed by atoms with Crippen molar-refractivity contribution >= 4 is 11.6 Å². The zero-order valence-electron chi connectivity index (χ0n) is 10.9. The van der Waals surface area contributed by atoms with E-state index in [1.165, 1.54) is 11.1 Å². The second kappa shape index (κ2) is 4.38. The largest absolute Gasteiger partial charge is 0.330 e. The van der Waals surface area contributed by atoms with Crippen LogP contribution in [0, 0.1) is 0 Å². The van der Waals surface area contributed by atoms with Crippen molar-refractivity contribution in [1.29, 1.82) is 0 Å². The number of nitrogens with two attached hydrogens (primary N) is 1. The molecule has 2 heteroatoms. The Bertz CT molecular complexity index is 375. The van der Waals surface area contributed by atoms with Crippen molar-refractivity contribution < 1.29 is 0 Å². The van der Waals surface area contributed by atoms with E-state index in [4.69, 9.17) is 17.3 Å². The number of hydrogen-bond donors (Lipinski definition) is 1. The van der Waals surface area contributed by atoms with Crippen LogP contribution in [-0.2, 0) is 10.8 Å². The van der Waals surface area contributed by atoms with Gasteiger partial charge < -0.3 is 5.73 Å². The van der Waals surface area contributed by atoms with Crippen molar-refractivity contribution in [2.75, 3.05) is 6.54 Å². The first-order valence-corrected chi connectivity index (χ1v) is 6.07. The van der Waals surface area contributed by atoms with Crippen LogP contribution < -0.4 is 5.73 Å². The Kier molecular flexibility index (Phi) is 3.71. The molecule has 2 N–H and O–H groups in total. The summed E-state index contributed by atoms with van der Waals surface area (Å²) in [6, 6.07) is 6.31. The Hall–Kier alpha value is -0.530. The minimum atomic E-state index is -0.0138. The van der Waals surface area contributed by atoms with Gasteiger partial charge in [-0.15, -0.1) is 0 Å². The Morgan fingerprint density at radius 2 is 1.69 bits per heavy atom. The van der Waals surface area contributed by atoms with Crippen LogP contribution in [0.15, 0.2) is 18.2 Å². The summed E-state index contributed by atoms with van der Waals surface area (Å²) in [6.07, 6.45) is 0. The molecule has 0 amide bonds. The lowest BCUT2D eigenvalue weighted by Crippen LogP contribution is -2.28. The van der Waals surface area contributed by atoms with Crippen LogP contribution in [0.5, 0.6) is 0 Å². The minimum absolute atomic E-state index is 0.0138. The van der Waals surface area contributed by atoms with Gasteiger partial charge in [0.05, 0.1) is 0 Å². The molecule has 1 aromatic carbocycles. The predicted octanol–water partition coefficient (Wildman–Crippen LogP) is 3.87. The molecule has 16 heavy (non-hydrogen) atoms. The topological polar surface area (TPSA) is 26.0 Å². The molecule has 0 atom stereocenters. The zero-order chi connectivity index (χ0) is 12.6. The van der Waals surface area contributed by atoms with Crippen LogP contribution in [0.4, 0.5) is 0 Å². The van der Waals surface area contributed by atoms with E-state index >= 15 is 0 Å². The SMILES string of the molecule is CC(C)(C)c1ccc(C(C)(C)CN)cc1Cl. The highest BCUT2D eigenvalue weighted by molar-refractivity contribution is 6.31. The van der Waals surface area contributed by atoms with E-state index in [1.807, 2.05) is 0 Å². The van der Waals surface area contributed by atoms with Gasteiger partial charge in [0.2, 0.25) is 0 Å². The van der Waals surface area contributed by atoms with Crippen LogP contribution in [0.25, 0.3) is 0 Å². The van der Waals surface area contributed by atoms with E-state index < -0.39 is 0 Å². The van der Waals surface area contributed by atoms with Crippen molar-refractivity contribution in [3.8, 4) is 0 Å². The van der Waals surface area contributed by atoms with E-state index in [-0.39, 0.29) is 10.8 Å². The van der Waals surface area contributed by atoms with Crippen molar-refractivity contribution in [3.05, 3.63) is 34.3 Å². The molecule has 0 fully saturated rings. The summed E-state index contributed by atoms with van der Waals surface area (Å²) < 4.78 is 0. The van der Waals surface area contributed by atoms with Crippen LogP contribution in [0.3, 0.4) is 0 Å². The molecular formula is C14H22ClN. The van der Waals surface area contributed by atoms with Gasteiger partial charge in [0.15, 0.2) is 0 Å². The van der Waals surface area contributed by atoms with Gasteiger partial charge in [0, 0.05) is 17.0 Å². The smallest absolute Gasteiger partial charge is 0.0446 e. The Morgan fingerprint density at radius 3 is 2.06 bits per heavy atom. The van der Waals surface area contributed by atoms with Gasteiger partial charge in [-0.1, -0.05) is 58.4 Å². The third-order valence-corrected chi connectivity index (χ3v) is 3.38. The fourth-order valence-electron chi connectivity index (χ4n) is 1.66. The maximum Gasteiger partial charge on any atom is 0.0446 e. The molecule has 0 spiro atoms. The summed E-state index contributed by atoms with van der Waals surface area (Å²) in [5, 5.41) is 0.839. The Labute approximate surface area is 104 Å². The highest BCUT2D eigenvalue weighted by Crippen LogP contribution is 2.33. The van der Waals surface area contributed by atoms with Gasteiger partial charge in [-0.3, -0.25) is 0 Å². The molecule has 90 valence electrons. The van der Waals surface area contributed by atoms with Crippen molar-refractivity contribution in [3.63, 3.8) is 0 Å². The molecule has 0 radical (unpaired) electrons. The quantitative estimate of drug-likeness (QED) is 0.833. The maximum absolute atomic E-state index is 6.34. The molecule has 0 aromatic heterocycles. The second-order valence-electron chi connectivity index (χ2n) is 6.03. The standard InChI is InChI=1S/C14H22ClN/c1-13(2,3)11-7-6-10(8-12(11)15)14(4,5)9-16/h6-8H,9,16H2,1-5H3. The fourth-order valence-corrected chi connectivity index (χ4v) is 2.13. The first kappa shape index (κ1) is 13.5. The summed E-state index contributed by atoms with van der Waals surface area (Å²) in [7, 11) is 0. The molecule has 1 rings (SSSR count). The molecular weight excluding hydrogens is 218 g/mol. The number of rotatable bonds is 2. The monoisotopic (exact) mass is 239 g/mol. The molecule has 0 saturated carbocycles. The average Bonchev–Trinajstić information content (AvgIpc) is 2.15. The van der Waals surface area contributed by atoms with E-state index in [1.54, 1.807) is 0 Å². The molecule has 0 aliphatic heterocycles. The van der Waals surface area contributed by atoms with Crippen molar-refractivity contribution in [2.24, 2.45) is 5.73 Å². The molecule has 1 nitrogen and oxygen atoms in total. The summed E-state index contributed by atoms with van der Waals surface area (Å²) >= 11 is 6.34. The van der Waals surface area contributed by atoms with Crippen LogP contribution in [-0.4, -0.2) is 6.54 Å². The van der Waals surface area contributed by atoms with E-state index in [2.05, 4.69) is 52.8 Å². The van der Waals surface area contributed by atoms with Crippen LogP contribution in [0.2, 0.25) is 5.02 Å². The third-order valence-electron chi connectivity index (χ3n) is 3.07. The number of halogens is 1. The second-order valence-corrected chi connectivity index (χ2v) is 6.44. The van der Waals surface area contributed by atoms with E-state index in [9.17, 15) is 0 Å². The van der Waals surface area contributed by atoms with Crippen molar-refractivity contribution in [2.45, 2.75) is 45.4 Å². The summed E-state index contributed by atoms with van der Waals surface area (Å²) in [5.74, 6) is 0. The first-order valence-electron chi connectivity index (χ1n) is 5.69. The minimum Gasteiger partial charge on any atom is -0.330 e. The lowest BCUT2D eigenvalue weighted by Gasteiger charge is -2.26. The fraction of sp³-hybridized carbons (Fsp3) is 0.571. The Balaban J connectivity index is 3.20. The molecule has 0 heterocycles. The third kappa shape index (κ3) is 2.78. The first-order chi connectivity index (χ1) is 7.18. The number of benzene rings is 1. The zero-order valence-corrected chi connectivity index (χ0v) is 11.7. The molecule has 0 bridgehead atoms. The maximum atomic E-state index is 6.34. The van der Waals surface area contributed by atoms with Gasteiger partial charge in [-0.25, -0.2) is 0 Å². The van der Waals surface area contributed by atoms with Gasteiger partial charge in [0.1, 0.15) is 0 Å². The summed E-state index contributed by atoms with van der Waals surface area (Å²) in [6.45, 7) is 11.4. The van der Waals surface area contributed by atoms with Crippen molar-refractivity contribution in [1.82, 2.24) is 0 Å². The molecule has 0 saturated heterocycles. The number of hydrogen-bond acceptors (Lipinski definition) is 1. The predicted molar refractivity (Wildman–Crippen MR) is 72.2 cm³/mol. The lowest BCUT2D eigenvalue weighted by atomic mass is 9.81. The van der Waals surface area contributed by atoms with Gasteiger partial charge in [-0.05, 0) is 22.6 Å². The van der Waals surface area contributed by atoms with E-state index in [0.29, 0.717) is 6.54 Å². The molecule has 1 aromatic rings. The van der Waals surface area contributed by atoms with Crippen LogP contribution in [0.1, 0.15) is 45.7 Å². The Morgan fingerprint density at radius 1 is 1.12 bits per heavy atom. The van der Waals surface area contributed by atoms with E-state index in [0.717, 1.165) is 5.02 Å². The highest BCUT2D eigenvalue weighted by atomic mass is 35.5. The molecule has 0 aliphatic rings.